The number of ether oxygens (including phenoxy) is 1. The van der Waals surface area contributed by atoms with Crippen molar-refractivity contribution in [2.24, 2.45) is 0 Å². The van der Waals surface area contributed by atoms with Gasteiger partial charge in [-0.1, -0.05) is 200 Å². The number of anilines is 3. The van der Waals surface area contributed by atoms with Crippen molar-refractivity contribution in [2.45, 2.75) is 5.41 Å². The highest BCUT2D eigenvalue weighted by Gasteiger charge is 2.51. The molecule has 0 bridgehead atoms. The molecule has 1 aliphatic heterocycles. The molecule has 3 aliphatic rings. The van der Waals surface area contributed by atoms with Crippen LogP contribution in [0.4, 0.5) is 17.1 Å². The lowest BCUT2D eigenvalue weighted by Crippen LogP contribution is -2.25. The summed E-state index contributed by atoms with van der Waals surface area (Å²) in [5.74, 6) is 1.66. The Hall–Kier alpha value is -8.72. The Balaban J connectivity index is 0.996. The van der Waals surface area contributed by atoms with Crippen LogP contribution >= 0.6 is 0 Å². The van der Waals surface area contributed by atoms with E-state index in [0.717, 1.165) is 45.3 Å². The first kappa shape index (κ1) is 37.6. The van der Waals surface area contributed by atoms with Crippen LogP contribution in [0.2, 0.25) is 0 Å². The molecule has 0 N–H and O–H groups in total. The first-order valence-electron chi connectivity index (χ1n) is 23.2. The van der Waals surface area contributed by atoms with Crippen LogP contribution in [-0.4, -0.2) is 0 Å². The fourth-order valence-corrected chi connectivity index (χ4v) is 11.7. The maximum atomic E-state index is 7.25. The van der Waals surface area contributed by atoms with Crippen LogP contribution in [0.5, 0.6) is 11.5 Å². The van der Waals surface area contributed by atoms with E-state index < -0.39 is 5.41 Å². The number of hydrogen-bond acceptors (Lipinski definition) is 2. The topological polar surface area (TPSA) is 12.5 Å². The third kappa shape index (κ3) is 5.51. The first-order chi connectivity index (χ1) is 33.2. The predicted octanol–water partition coefficient (Wildman–Crippen LogP) is 17.4. The van der Waals surface area contributed by atoms with Gasteiger partial charge in [0.1, 0.15) is 11.5 Å². The molecule has 67 heavy (non-hydrogen) atoms. The van der Waals surface area contributed by atoms with Crippen LogP contribution in [0.25, 0.3) is 77.5 Å². The minimum atomic E-state index is -0.418. The molecular formula is C65H41NO. The van der Waals surface area contributed by atoms with Gasteiger partial charge in [0.05, 0.1) is 5.41 Å². The summed E-state index contributed by atoms with van der Waals surface area (Å²) in [7, 11) is 0. The van der Waals surface area contributed by atoms with E-state index in [-0.39, 0.29) is 0 Å². The number of nitrogens with zero attached hydrogens (tertiary/aromatic N) is 1. The number of fused-ring (bicyclic) bond motifs is 17. The molecule has 0 saturated carbocycles. The molecule has 0 atom stereocenters. The van der Waals surface area contributed by atoms with Crippen molar-refractivity contribution in [1.82, 2.24) is 0 Å². The fraction of sp³-hybridized carbons (Fsp3) is 0.0154. The summed E-state index contributed by atoms with van der Waals surface area (Å²) in [6, 6.07) is 91.1. The van der Waals surface area contributed by atoms with E-state index in [1.165, 1.54) is 83.1 Å². The van der Waals surface area contributed by atoms with Gasteiger partial charge in [-0.05, 0) is 126 Å². The molecule has 0 radical (unpaired) electrons. The molecule has 312 valence electrons. The predicted molar refractivity (Wildman–Crippen MR) is 277 cm³/mol. The lowest BCUT2D eigenvalue weighted by Gasteiger charge is -2.31. The van der Waals surface area contributed by atoms with Gasteiger partial charge in [0.15, 0.2) is 0 Å². The van der Waals surface area contributed by atoms with Gasteiger partial charge in [0.2, 0.25) is 0 Å². The van der Waals surface area contributed by atoms with Crippen molar-refractivity contribution in [3.63, 3.8) is 0 Å². The monoisotopic (exact) mass is 851 g/mol. The molecule has 1 spiro atoms. The molecule has 0 amide bonds. The summed E-state index contributed by atoms with van der Waals surface area (Å²) >= 11 is 0. The minimum absolute atomic E-state index is 0.418. The molecule has 0 fully saturated rings. The van der Waals surface area contributed by atoms with E-state index in [1.807, 2.05) is 0 Å². The van der Waals surface area contributed by atoms with E-state index in [2.05, 4.69) is 254 Å². The Labute approximate surface area is 390 Å². The van der Waals surface area contributed by atoms with Gasteiger partial charge in [-0.15, -0.1) is 0 Å². The summed E-state index contributed by atoms with van der Waals surface area (Å²) in [6.45, 7) is 0. The Morgan fingerprint density at radius 1 is 0.284 bits per heavy atom. The van der Waals surface area contributed by atoms with Crippen molar-refractivity contribution in [1.29, 1.82) is 0 Å². The molecular weight excluding hydrogens is 811 g/mol. The standard InChI is InChI=1S/C65H41NO/c1-3-16-42(17-4-1)43-30-33-46(34-31-43)66(47-36-38-60-56(40-47)53-24-11-14-29-59(53)65(60)57-27-12-9-22-51(57)52-23-10-13-28-58(52)65)48-35-37-54-62(41-48)67-61-39-32-45-20-7-8-21-50(45)64(61)55-26-15-25-49(63(54)55)44-18-5-2-6-19-44/h1-41H. The average molecular weight is 852 g/mol. The van der Waals surface area contributed by atoms with E-state index in [0.29, 0.717) is 0 Å². The highest BCUT2D eigenvalue weighted by molar-refractivity contribution is 6.08. The van der Waals surface area contributed by atoms with Crippen LogP contribution in [0.15, 0.2) is 249 Å². The zero-order valence-electron chi connectivity index (χ0n) is 36.5. The minimum Gasteiger partial charge on any atom is -0.456 e. The van der Waals surface area contributed by atoms with Crippen molar-refractivity contribution >= 4 is 27.8 Å². The second-order valence-electron chi connectivity index (χ2n) is 17.9. The summed E-state index contributed by atoms with van der Waals surface area (Å²) in [5, 5.41) is 2.35. The van der Waals surface area contributed by atoms with Crippen LogP contribution in [0.3, 0.4) is 0 Å². The van der Waals surface area contributed by atoms with Crippen molar-refractivity contribution in [3.05, 3.63) is 271 Å². The van der Waals surface area contributed by atoms with Crippen LogP contribution in [0, 0.1) is 0 Å². The zero-order chi connectivity index (χ0) is 44.1. The lowest BCUT2D eigenvalue weighted by atomic mass is 9.70. The lowest BCUT2D eigenvalue weighted by molar-refractivity contribution is 0.488. The van der Waals surface area contributed by atoms with Crippen molar-refractivity contribution in [3.8, 4) is 78.3 Å². The molecule has 2 nitrogen and oxygen atoms in total. The Morgan fingerprint density at radius 2 is 0.806 bits per heavy atom. The number of rotatable bonds is 5. The summed E-state index contributed by atoms with van der Waals surface area (Å²) in [5.41, 5.74) is 22.4. The largest absolute Gasteiger partial charge is 0.456 e. The van der Waals surface area contributed by atoms with Gasteiger partial charge in [-0.25, -0.2) is 0 Å². The maximum absolute atomic E-state index is 7.25. The van der Waals surface area contributed by atoms with Gasteiger partial charge >= 0.3 is 0 Å². The second-order valence-corrected chi connectivity index (χ2v) is 17.9. The third-order valence-corrected chi connectivity index (χ3v) is 14.5. The second kappa shape index (κ2) is 14.7. The number of benzene rings is 11. The third-order valence-electron chi connectivity index (χ3n) is 14.5. The molecule has 11 aromatic carbocycles. The Morgan fingerprint density at radius 3 is 1.52 bits per heavy atom. The van der Waals surface area contributed by atoms with Gasteiger partial charge in [-0.3, -0.25) is 0 Å². The number of hydrogen-bond donors (Lipinski definition) is 0. The van der Waals surface area contributed by atoms with E-state index in [4.69, 9.17) is 4.74 Å². The van der Waals surface area contributed by atoms with E-state index in [1.54, 1.807) is 0 Å². The Bertz CT molecular complexity index is 3730. The summed E-state index contributed by atoms with van der Waals surface area (Å²) in [4.78, 5) is 2.40. The summed E-state index contributed by atoms with van der Waals surface area (Å²) in [6.07, 6.45) is 0. The van der Waals surface area contributed by atoms with Gasteiger partial charge in [-0.2, -0.15) is 0 Å². The van der Waals surface area contributed by atoms with Crippen LogP contribution in [-0.2, 0) is 5.41 Å². The fourth-order valence-electron chi connectivity index (χ4n) is 11.7. The smallest absolute Gasteiger partial charge is 0.137 e. The SMILES string of the molecule is c1ccc(-c2ccc(N(c3ccc4c(c3)Oc3ccc5ccccc5c3-c3cccc(-c5ccccc5)c3-4)c3ccc4c(c3)-c3ccccc3C43c4ccccc4-c4ccccc43)cc2)cc1. The van der Waals surface area contributed by atoms with Gasteiger partial charge in [0.25, 0.3) is 0 Å². The van der Waals surface area contributed by atoms with Crippen LogP contribution in [0.1, 0.15) is 22.3 Å². The normalized spacial score (nSPS) is 13.0. The molecule has 0 saturated heterocycles. The molecule has 1 heterocycles. The van der Waals surface area contributed by atoms with Gasteiger partial charge in [0, 0.05) is 39.8 Å². The highest BCUT2D eigenvalue weighted by atomic mass is 16.5. The first-order valence-corrected chi connectivity index (χ1v) is 23.2. The molecule has 0 aromatic heterocycles. The quantitative estimate of drug-likeness (QED) is 0.171. The van der Waals surface area contributed by atoms with Crippen molar-refractivity contribution < 1.29 is 4.74 Å². The highest BCUT2D eigenvalue weighted by Crippen LogP contribution is 2.63. The van der Waals surface area contributed by atoms with E-state index in [9.17, 15) is 0 Å². The summed E-state index contributed by atoms with van der Waals surface area (Å²) < 4.78 is 7.25. The average Bonchev–Trinajstić information content (AvgIpc) is 3.80. The molecule has 11 aromatic rings. The van der Waals surface area contributed by atoms with E-state index >= 15 is 0 Å². The maximum Gasteiger partial charge on any atom is 0.137 e. The van der Waals surface area contributed by atoms with Crippen LogP contribution < -0.4 is 9.64 Å². The zero-order valence-corrected chi connectivity index (χ0v) is 36.5. The molecule has 14 rings (SSSR count). The molecule has 0 unspecified atom stereocenters. The Kier molecular flexibility index (Phi) is 8.23. The molecule has 2 heteroatoms. The van der Waals surface area contributed by atoms with Crippen molar-refractivity contribution in [2.75, 3.05) is 4.90 Å². The molecule has 2 aliphatic carbocycles. The van der Waals surface area contributed by atoms with Gasteiger partial charge < -0.3 is 9.64 Å².